The molecule has 1 amide bonds. The lowest BCUT2D eigenvalue weighted by Gasteiger charge is -2.04. The van der Waals surface area contributed by atoms with Crippen LogP contribution in [0.15, 0.2) is 29.1 Å². The van der Waals surface area contributed by atoms with E-state index in [4.69, 9.17) is 0 Å². The number of thiazole rings is 1. The van der Waals surface area contributed by atoms with Gasteiger partial charge in [-0.1, -0.05) is 17.4 Å². The molecule has 0 aliphatic rings. The maximum absolute atomic E-state index is 12.0. The topological polar surface area (TPSA) is 71.3 Å². The Balaban J connectivity index is 2.27. The fourth-order valence-corrected chi connectivity index (χ4v) is 2.38. The Morgan fingerprint density at radius 3 is 2.72 bits per heavy atom. The molecule has 0 bridgehead atoms. The van der Waals surface area contributed by atoms with Crippen molar-refractivity contribution in [1.29, 1.82) is 0 Å². The Morgan fingerprint density at radius 2 is 2.17 bits per heavy atom. The molecule has 2 N–H and O–H groups in total. The third-order valence-electron chi connectivity index (χ3n) is 2.61. The smallest absolute Gasteiger partial charge is 0.307 e. The molecule has 0 saturated heterocycles. The number of phenols is 1. The molecule has 0 radical (unpaired) electrons. The minimum Gasteiger partial charge on any atom is -0.508 e. The lowest BCUT2D eigenvalue weighted by Crippen LogP contribution is -2.12. The number of nitrogens with one attached hydrogen (secondary N) is 1. The molecular formula is C12H12N2O3S. The zero-order chi connectivity index (χ0) is 13.3. The summed E-state index contributed by atoms with van der Waals surface area (Å²) in [5, 5.41) is 11.9. The summed E-state index contributed by atoms with van der Waals surface area (Å²) in [6, 6.07) is 6.25. The third-order valence-corrected chi connectivity index (χ3v) is 3.74. The molecule has 5 nitrogen and oxygen atoms in total. The second-order valence-corrected chi connectivity index (χ2v) is 4.81. The Hall–Kier alpha value is -2.08. The predicted molar refractivity (Wildman–Crippen MR) is 70.4 cm³/mol. The predicted octanol–water partition coefficient (Wildman–Crippen LogP) is 1.71. The van der Waals surface area contributed by atoms with Crippen LogP contribution in [0.5, 0.6) is 5.75 Å². The van der Waals surface area contributed by atoms with Crippen molar-refractivity contribution >= 4 is 22.9 Å². The summed E-state index contributed by atoms with van der Waals surface area (Å²) in [7, 11) is 1.62. The average molecular weight is 264 g/mol. The van der Waals surface area contributed by atoms with Gasteiger partial charge in [-0.2, -0.15) is 0 Å². The van der Waals surface area contributed by atoms with Crippen LogP contribution in [-0.2, 0) is 7.05 Å². The Morgan fingerprint density at radius 1 is 1.44 bits per heavy atom. The first-order chi connectivity index (χ1) is 8.49. The monoisotopic (exact) mass is 264 g/mol. The summed E-state index contributed by atoms with van der Waals surface area (Å²) < 4.78 is 1.43. The Labute approximate surface area is 107 Å². The van der Waals surface area contributed by atoms with Gasteiger partial charge in [-0.3, -0.25) is 9.59 Å². The molecule has 0 spiro atoms. The second kappa shape index (κ2) is 4.66. The Kier molecular flexibility index (Phi) is 3.20. The quantitative estimate of drug-likeness (QED) is 0.867. The van der Waals surface area contributed by atoms with Crippen molar-refractivity contribution in [2.45, 2.75) is 6.92 Å². The molecule has 18 heavy (non-hydrogen) atoms. The van der Waals surface area contributed by atoms with E-state index in [-0.39, 0.29) is 16.5 Å². The minimum atomic E-state index is -0.346. The number of rotatable bonds is 2. The first-order valence-electron chi connectivity index (χ1n) is 5.26. The lowest BCUT2D eigenvalue weighted by molar-refractivity contribution is 0.102. The van der Waals surface area contributed by atoms with Gasteiger partial charge in [-0.25, -0.2) is 0 Å². The van der Waals surface area contributed by atoms with Gasteiger partial charge < -0.3 is 15.0 Å². The fraction of sp³-hybridized carbons (Fsp3) is 0.167. The standard InChI is InChI=1S/C12H12N2O3S/c1-7-10(18-12(17)14(7)2)11(16)13-8-4-3-5-9(15)6-8/h3-6,15H,1-2H3,(H,13,16). The third kappa shape index (κ3) is 2.28. The zero-order valence-corrected chi connectivity index (χ0v) is 10.7. The fourth-order valence-electron chi connectivity index (χ4n) is 1.50. The number of amides is 1. The van der Waals surface area contributed by atoms with Gasteiger partial charge in [-0.05, 0) is 19.1 Å². The van der Waals surface area contributed by atoms with Crippen LogP contribution in [0.4, 0.5) is 5.69 Å². The number of carbonyl (C=O) groups excluding carboxylic acids is 1. The van der Waals surface area contributed by atoms with Gasteiger partial charge in [-0.15, -0.1) is 0 Å². The number of benzene rings is 1. The first-order valence-corrected chi connectivity index (χ1v) is 6.07. The largest absolute Gasteiger partial charge is 0.508 e. The highest BCUT2D eigenvalue weighted by Crippen LogP contribution is 2.18. The summed E-state index contributed by atoms with van der Waals surface area (Å²) in [6.45, 7) is 1.72. The number of aromatic nitrogens is 1. The number of anilines is 1. The number of aromatic hydroxyl groups is 1. The molecule has 0 atom stereocenters. The van der Waals surface area contributed by atoms with Gasteiger partial charge in [0.2, 0.25) is 0 Å². The van der Waals surface area contributed by atoms with Crippen molar-refractivity contribution in [3.8, 4) is 5.75 Å². The summed E-state index contributed by atoms with van der Waals surface area (Å²) in [5.74, 6) is -0.272. The highest BCUT2D eigenvalue weighted by Gasteiger charge is 2.15. The van der Waals surface area contributed by atoms with Crippen molar-refractivity contribution in [3.05, 3.63) is 44.5 Å². The minimum absolute atomic E-state index is 0.0748. The van der Waals surface area contributed by atoms with E-state index in [1.165, 1.54) is 16.7 Å². The molecule has 0 fully saturated rings. The van der Waals surface area contributed by atoms with Gasteiger partial charge in [0, 0.05) is 24.5 Å². The number of carbonyl (C=O) groups is 1. The van der Waals surface area contributed by atoms with E-state index in [1.54, 1.807) is 26.1 Å². The second-order valence-electron chi connectivity index (χ2n) is 3.85. The van der Waals surface area contributed by atoms with Crippen LogP contribution >= 0.6 is 11.3 Å². The van der Waals surface area contributed by atoms with Gasteiger partial charge in [0.05, 0.1) is 0 Å². The van der Waals surface area contributed by atoms with Crippen LogP contribution in [-0.4, -0.2) is 15.6 Å². The summed E-state index contributed by atoms with van der Waals surface area (Å²) in [6.07, 6.45) is 0. The SMILES string of the molecule is Cc1c(C(=O)Nc2cccc(O)c2)sc(=O)n1C. The summed E-state index contributed by atoms with van der Waals surface area (Å²) >= 11 is 0.905. The molecule has 2 aromatic rings. The van der Waals surface area contributed by atoms with Crippen LogP contribution in [0.3, 0.4) is 0 Å². The molecule has 2 rings (SSSR count). The Bertz CT molecular complexity index is 658. The average Bonchev–Trinajstić information content (AvgIpc) is 2.57. The summed E-state index contributed by atoms with van der Waals surface area (Å²) in [4.78, 5) is 23.6. The maximum Gasteiger partial charge on any atom is 0.307 e. The molecular weight excluding hydrogens is 252 g/mol. The van der Waals surface area contributed by atoms with Crippen LogP contribution in [0, 0.1) is 6.92 Å². The van der Waals surface area contributed by atoms with Gasteiger partial charge >= 0.3 is 4.87 Å². The zero-order valence-electron chi connectivity index (χ0n) is 9.93. The molecule has 0 aliphatic heterocycles. The van der Waals surface area contributed by atoms with E-state index in [1.807, 2.05) is 0 Å². The number of hydrogen-bond acceptors (Lipinski definition) is 4. The van der Waals surface area contributed by atoms with Gasteiger partial charge in [0.25, 0.3) is 5.91 Å². The van der Waals surface area contributed by atoms with E-state index < -0.39 is 0 Å². The summed E-state index contributed by atoms with van der Waals surface area (Å²) in [5.41, 5.74) is 1.12. The van der Waals surface area contributed by atoms with E-state index in [0.29, 0.717) is 16.3 Å². The molecule has 0 unspecified atom stereocenters. The molecule has 1 aromatic carbocycles. The molecule has 0 saturated carbocycles. The van der Waals surface area contributed by atoms with Crippen molar-refractivity contribution in [3.63, 3.8) is 0 Å². The number of phenolic OH excluding ortho intramolecular Hbond substituents is 1. The highest BCUT2D eigenvalue weighted by molar-refractivity contribution is 7.11. The van der Waals surface area contributed by atoms with E-state index in [9.17, 15) is 14.7 Å². The van der Waals surface area contributed by atoms with E-state index in [0.717, 1.165) is 11.3 Å². The van der Waals surface area contributed by atoms with Gasteiger partial charge in [0.15, 0.2) is 0 Å². The number of hydrogen-bond donors (Lipinski definition) is 2. The highest BCUT2D eigenvalue weighted by atomic mass is 32.1. The first kappa shape index (κ1) is 12.4. The van der Waals surface area contributed by atoms with Crippen molar-refractivity contribution in [2.24, 2.45) is 7.05 Å². The van der Waals surface area contributed by atoms with Crippen molar-refractivity contribution in [1.82, 2.24) is 4.57 Å². The normalized spacial score (nSPS) is 10.3. The van der Waals surface area contributed by atoms with Crippen LogP contribution in [0.25, 0.3) is 0 Å². The lowest BCUT2D eigenvalue weighted by atomic mass is 10.3. The molecule has 0 aliphatic carbocycles. The number of nitrogens with zero attached hydrogens (tertiary/aromatic N) is 1. The van der Waals surface area contributed by atoms with E-state index >= 15 is 0 Å². The molecule has 1 heterocycles. The van der Waals surface area contributed by atoms with Crippen molar-refractivity contribution < 1.29 is 9.90 Å². The maximum atomic E-state index is 12.0. The van der Waals surface area contributed by atoms with Gasteiger partial charge in [0.1, 0.15) is 10.6 Å². The molecule has 1 aromatic heterocycles. The van der Waals surface area contributed by atoms with E-state index in [2.05, 4.69) is 5.32 Å². The van der Waals surface area contributed by atoms with Crippen LogP contribution in [0.1, 0.15) is 15.4 Å². The van der Waals surface area contributed by atoms with Crippen LogP contribution < -0.4 is 10.2 Å². The molecule has 6 heteroatoms. The van der Waals surface area contributed by atoms with Crippen molar-refractivity contribution in [2.75, 3.05) is 5.32 Å². The van der Waals surface area contributed by atoms with Crippen LogP contribution in [0.2, 0.25) is 0 Å². The molecule has 94 valence electrons.